The molecule has 1 aromatic rings. The monoisotopic (exact) mass is 348 g/mol. The molecule has 118 valence electrons. The van der Waals surface area contributed by atoms with Gasteiger partial charge in [-0.2, -0.15) is 0 Å². The van der Waals surface area contributed by atoms with Crippen LogP contribution in [-0.4, -0.2) is 29.9 Å². The van der Waals surface area contributed by atoms with E-state index < -0.39 is 0 Å². The van der Waals surface area contributed by atoms with Gasteiger partial charge in [0.1, 0.15) is 0 Å². The molecule has 0 N–H and O–H groups in total. The van der Waals surface area contributed by atoms with E-state index in [9.17, 15) is 9.59 Å². The molecule has 0 amide bonds. The van der Waals surface area contributed by atoms with Crippen LogP contribution in [0.25, 0.3) is 0 Å². The van der Waals surface area contributed by atoms with Crippen LogP contribution in [0.4, 0.5) is 0 Å². The lowest BCUT2D eigenvalue weighted by Crippen LogP contribution is -2.03. The minimum absolute atomic E-state index is 0.0234. The molecule has 0 radical (unpaired) electrons. The van der Waals surface area contributed by atoms with Crippen molar-refractivity contribution in [2.45, 2.75) is 6.61 Å². The summed E-state index contributed by atoms with van der Waals surface area (Å²) in [4.78, 5) is 22.8. The maximum absolute atomic E-state index is 11.4. The molecule has 0 fully saturated rings. The Morgan fingerprint density at radius 2 is 1.61 bits per heavy atom. The van der Waals surface area contributed by atoms with Crippen molar-refractivity contribution in [1.29, 1.82) is 0 Å². The fraction of sp³-hybridized carbons (Fsp3) is 0.222. The van der Waals surface area contributed by atoms with Gasteiger partial charge in [0.15, 0.2) is 11.6 Å². The van der Waals surface area contributed by atoms with E-state index in [1.807, 2.05) is 12.1 Å². The Morgan fingerprint density at radius 3 is 2.17 bits per heavy atom. The lowest BCUT2D eigenvalue weighted by molar-refractivity contribution is -0.113. The van der Waals surface area contributed by atoms with Crippen LogP contribution in [0.2, 0.25) is 0 Å². The highest BCUT2D eigenvalue weighted by Crippen LogP contribution is 2.10. The lowest BCUT2D eigenvalue weighted by Gasteiger charge is -2.06. The first-order valence-corrected chi connectivity index (χ1v) is 7.99. The van der Waals surface area contributed by atoms with E-state index in [0.29, 0.717) is 24.4 Å². The van der Waals surface area contributed by atoms with E-state index in [1.54, 1.807) is 24.3 Å². The van der Waals surface area contributed by atoms with Gasteiger partial charge in [-0.3, -0.25) is 9.59 Å². The van der Waals surface area contributed by atoms with Crippen LogP contribution in [0.3, 0.4) is 0 Å². The lowest BCUT2D eigenvalue weighted by atomic mass is 10.1. The van der Waals surface area contributed by atoms with Crippen molar-refractivity contribution < 1.29 is 14.3 Å². The van der Waals surface area contributed by atoms with Gasteiger partial charge in [0, 0.05) is 11.1 Å². The molecule has 5 heteroatoms. The number of benzene rings is 1. The van der Waals surface area contributed by atoms with Crippen molar-refractivity contribution in [3.05, 3.63) is 70.2 Å². The summed E-state index contributed by atoms with van der Waals surface area (Å²) in [6.45, 7) is 0.764. The minimum Gasteiger partial charge on any atom is -0.371 e. The third kappa shape index (κ3) is 5.07. The second-order valence-corrected chi connectivity index (χ2v) is 5.36. The number of hydrogen-bond acceptors (Lipinski definition) is 3. The van der Waals surface area contributed by atoms with Gasteiger partial charge < -0.3 is 4.74 Å². The van der Waals surface area contributed by atoms with E-state index >= 15 is 0 Å². The molecule has 0 unspecified atom stereocenters. The van der Waals surface area contributed by atoms with Crippen LogP contribution in [0.5, 0.6) is 0 Å². The van der Waals surface area contributed by atoms with Crippen LogP contribution in [0, 0.1) is 0 Å². The molecule has 1 aliphatic rings. The quantitative estimate of drug-likeness (QED) is 0.409. The molecular formula is C18H14Cl2O3. The zero-order valence-corrected chi connectivity index (χ0v) is 13.8. The molecule has 0 spiro atoms. The summed E-state index contributed by atoms with van der Waals surface area (Å²) in [7, 11) is 0. The topological polar surface area (TPSA) is 43.4 Å². The summed E-state index contributed by atoms with van der Waals surface area (Å²) >= 11 is 11.0. The normalized spacial score (nSPS) is 12.8. The number of hydrogen-bond donors (Lipinski definition) is 0. The number of ether oxygens (including phenoxy) is 1. The molecule has 0 saturated carbocycles. The number of carbonyl (C=O) groups is 2. The fourth-order valence-corrected chi connectivity index (χ4v) is 2.17. The molecule has 0 atom stereocenters. The Labute approximate surface area is 144 Å². The third-order valence-corrected chi connectivity index (χ3v) is 3.64. The minimum atomic E-state index is -0.179. The Bertz CT molecular complexity index is 732. The maximum Gasteiger partial charge on any atom is 0.185 e. The highest BCUT2D eigenvalue weighted by molar-refractivity contribution is 6.31. The number of Topliss-reactive ketones (excluding diaryl/α,β-unsaturated/α-hetero) is 2. The largest absolute Gasteiger partial charge is 0.371 e. The molecule has 2 rings (SSSR count). The van der Waals surface area contributed by atoms with E-state index in [1.165, 1.54) is 0 Å². The summed E-state index contributed by atoms with van der Waals surface area (Å²) in [6, 6.07) is 7.13. The fourth-order valence-electron chi connectivity index (χ4n) is 1.88. The van der Waals surface area contributed by atoms with E-state index in [2.05, 4.69) is 11.5 Å². The van der Waals surface area contributed by atoms with Crippen LogP contribution >= 0.6 is 23.2 Å². The van der Waals surface area contributed by atoms with Crippen molar-refractivity contribution in [3.8, 4) is 0 Å². The second kappa shape index (κ2) is 8.69. The average Bonchev–Trinajstić information content (AvgIpc) is 2.61. The summed E-state index contributed by atoms with van der Waals surface area (Å²) in [5.41, 5.74) is 8.41. The smallest absolute Gasteiger partial charge is 0.185 e. The first-order chi connectivity index (χ1) is 11.1. The van der Waals surface area contributed by atoms with Crippen molar-refractivity contribution in [1.82, 2.24) is 0 Å². The van der Waals surface area contributed by atoms with Gasteiger partial charge in [0.2, 0.25) is 0 Å². The molecule has 0 saturated heterocycles. The second-order valence-electron chi connectivity index (χ2n) is 4.83. The number of ketones is 2. The van der Waals surface area contributed by atoms with Crippen molar-refractivity contribution in [3.63, 3.8) is 0 Å². The van der Waals surface area contributed by atoms with Gasteiger partial charge in [0.05, 0.1) is 30.5 Å². The predicted octanol–water partition coefficient (Wildman–Crippen LogP) is 3.61. The predicted molar refractivity (Wildman–Crippen MR) is 90.1 cm³/mol. The number of carbonyl (C=O) groups excluding carboxylic acids is 2. The number of rotatable bonds is 8. The summed E-state index contributed by atoms with van der Waals surface area (Å²) in [6.07, 6.45) is 3.42. The first kappa shape index (κ1) is 17.5. The number of alkyl halides is 2. The van der Waals surface area contributed by atoms with Gasteiger partial charge in [-0.1, -0.05) is 35.7 Å². The molecule has 0 aromatic heterocycles. The number of halogens is 2. The Balaban J connectivity index is 1.90. The molecule has 3 nitrogen and oxygen atoms in total. The van der Waals surface area contributed by atoms with Crippen LogP contribution in [-0.2, 0) is 16.1 Å². The standard InChI is InChI=1S/C18H14Cl2O3/c19-9-17(21)15-5-1-13(2-6-15)11-23-12-14-3-7-16(8-4-14)18(22)10-20/h1-3,5-7H,9-12H2. The van der Waals surface area contributed by atoms with Crippen molar-refractivity contribution in [2.24, 2.45) is 0 Å². The Hall–Kier alpha value is -1.86. The molecular weight excluding hydrogens is 335 g/mol. The molecule has 0 aliphatic heterocycles. The van der Waals surface area contributed by atoms with E-state index in [-0.39, 0.29) is 23.3 Å². The van der Waals surface area contributed by atoms with Crippen LogP contribution < -0.4 is 0 Å². The van der Waals surface area contributed by atoms with Gasteiger partial charge in [-0.15, -0.1) is 23.2 Å². The van der Waals surface area contributed by atoms with Crippen molar-refractivity contribution >= 4 is 34.8 Å². The van der Waals surface area contributed by atoms with Crippen LogP contribution in [0.1, 0.15) is 15.9 Å². The molecule has 0 bridgehead atoms. The molecule has 1 aromatic carbocycles. The van der Waals surface area contributed by atoms with E-state index in [4.69, 9.17) is 27.9 Å². The van der Waals surface area contributed by atoms with Gasteiger partial charge >= 0.3 is 0 Å². The van der Waals surface area contributed by atoms with Crippen LogP contribution in [0.15, 0.2) is 59.0 Å². The average molecular weight is 349 g/mol. The van der Waals surface area contributed by atoms with Gasteiger partial charge in [-0.25, -0.2) is 0 Å². The molecule has 23 heavy (non-hydrogen) atoms. The van der Waals surface area contributed by atoms with Gasteiger partial charge in [0.25, 0.3) is 0 Å². The van der Waals surface area contributed by atoms with Gasteiger partial charge in [-0.05, 0) is 17.7 Å². The van der Waals surface area contributed by atoms with Crippen molar-refractivity contribution in [2.75, 3.05) is 18.4 Å². The maximum atomic E-state index is 11.4. The zero-order chi connectivity index (χ0) is 16.7. The molecule has 1 aliphatic carbocycles. The summed E-state index contributed by atoms with van der Waals surface area (Å²) in [5.74, 6) is -0.370. The first-order valence-electron chi connectivity index (χ1n) is 6.92. The Morgan fingerprint density at radius 1 is 0.913 bits per heavy atom. The Kier molecular flexibility index (Phi) is 6.61. The SMILES string of the molecule is O=C(CCl)C1=C=C=C(COCc2ccc(C(=O)CCl)cc2)C=C1. The molecule has 0 heterocycles. The highest BCUT2D eigenvalue weighted by atomic mass is 35.5. The number of allylic oxidation sites excluding steroid dienone is 2. The highest BCUT2D eigenvalue weighted by Gasteiger charge is 2.07. The zero-order valence-electron chi connectivity index (χ0n) is 12.3. The van der Waals surface area contributed by atoms with E-state index in [0.717, 1.165) is 11.1 Å². The summed E-state index contributed by atoms with van der Waals surface area (Å²) in [5, 5.41) is 0. The third-order valence-electron chi connectivity index (χ3n) is 3.15. The summed E-state index contributed by atoms with van der Waals surface area (Å²) < 4.78 is 5.59.